The lowest BCUT2D eigenvalue weighted by atomic mass is 10.2. The van der Waals surface area contributed by atoms with Crippen molar-refractivity contribution in [2.75, 3.05) is 11.9 Å². The molecule has 0 saturated carbocycles. The first-order valence-corrected chi connectivity index (χ1v) is 8.94. The predicted octanol–water partition coefficient (Wildman–Crippen LogP) is 3.47. The van der Waals surface area contributed by atoms with E-state index in [0.717, 1.165) is 10.7 Å². The minimum absolute atomic E-state index is 0.104. The molecule has 25 heavy (non-hydrogen) atoms. The molecule has 1 aromatic heterocycles. The normalized spacial score (nSPS) is 11.6. The van der Waals surface area contributed by atoms with Crippen LogP contribution in [0.25, 0.3) is 0 Å². The average Bonchev–Trinajstić information content (AvgIpc) is 2.60. The number of nitrogens with one attached hydrogen (secondary N) is 1. The first-order chi connectivity index (χ1) is 12.0. The first-order valence-electron chi connectivity index (χ1n) is 8.06. The molecule has 1 heterocycles. The van der Waals surface area contributed by atoms with E-state index in [0.29, 0.717) is 24.3 Å². The molecule has 0 aliphatic carbocycles. The lowest BCUT2D eigenvalue weighted by molar-refractivity contribution is -0.115. The number of anilines is 1. The Morgan fingerprint density at radius 2 is 1.92 bits per heavy atom. The SMILES string of the molecule is CCOC(=O)c1ccc(NC(=O)C(CC)Sc2cc(C)ncn2)cc1. The van der Waals surface area contributed by atoms with Crippen molar-refractivity contribution >= 4 is 29.3 Å². The third-order valence-corrected chi connectivity index (χ3v) is 4.67. The maximum Gasteiger partial charge on any atom is 0.338 e. The van der Waals surface area contributed by atoms with Crippen molar-refractivity contribution in [3.8, 4) is 0 Å². The van der Waals surface area contributed by atoms with Crippen LogP contribution in [0.2, 0.25) is 0 Å². The second-order valence-corrected chi connectivity index (χ2v) is 6.52. The van der Waals surface area contributed by atoms with Gasteiger partial charge in [0.15, 0.2) is 0 Å². The fourth-order valence-electron chi connectivity index (χ4n) is 2.09. The number of hydrogen-bond donors (Lipinski definition) is 1. The van der Waals surface area contributed by atoms with Gasteiger partial charge in [0.2, 0.25) is 5.91 Å². The molecule has 1 aromatic carbocycles. The van der Waals surface area contributed by atoms with Crippen LogP contribution in [0.1, 0.15) is 36.3 Å². The summed E-state index contributed by atoms with van der Waals surface area (Å²) >= 11 is 1.41. The fourth-order valence-corrected chi connectivity index (χ4v) is 3.06. The Morgan fingerprint density at radius 1 is 1.20 bits per heavy atom. The third-order valence-electron chi connectivity index (χ3n) is 3.37. The molecule has 0 aliphatic rings. The van der Waals surface area contributed by atoms with Crippen molar-refractivity contribution in [2.24, 2.45) is 0 Å². The van der Waals surface area contributed by atoms with Crippen LogP contribution in [0.3, 0.4) is 0 Å². The highest BCUT2D eigenvalue weighted by Gasteiger charge is 2.19. The second-order valence-electron chi connectivity index (χ2n) is 5.30. The van der Waals surface area contributed by atoms with Crippen LogP contribution < -0.4 is 5.32 Å². The Labute approximate surface area is 151 Å². The number of nitrogens with zero attached hydrogens (tertiary/aromatic N) is 2. The van der Waals surface area contributed by atoms with Crippen LogP contribution >= 0.6 is 11.8 Å². The standard InChI is InChI=1S/C18H21N3O3S/c1-4-15(25-16-10-12(3)19-11-20-16)17(22)21-14-8-6-13(7-9-14)18(23)24-5-2/h6-11,15H,4-5H2,1-3H3,(H,21,22). The Hall–Kier alpha value is -2.41. The number of carbonyl (C=O) groups is 2. The average molecular weight is 359 g/mol. The number of ether oxygens (including phenoxy) is 1. The number of thioether (sulfide) groups is 1. The van der Waals surface area contributed by atoms with Gasteiger partial charge in [0, 0.05) is 11.4 Å². The Morgan fingerprint density at radius 3 is 2.52 bits per heavy atom. The minimum Gasteiger partial charge on any atom is -0.462 e. The Balaban J connectivity index is 2.00. The minimum atomic E-state index is -0.374. The summed E-state index contributed by atoms with van der Waals surface area (Å²) in [6.45, 7) is 5.93. The molecule has 0 saturated heterocycles. The molecule has 1 unspecified atom stereocenters. The number of carbonyl (C=O) groups excluding carboxylic acids is 2. The lowest BCUT2D eigenvalue weighted by Gasteiger charge is -2.14. The molecule has 2 rings (SSSR count). The van der Waals surface area contributed by atoms with Crippen molar-refractivity contribution in [1.82, 2.24) is 9.97 Å². The zero-order chi connectivity index (χ0) is 18.2. The largest absolute Gasteiger partial charge is 0.462 e. The van der Waals surface area contributed by atoms with Gasteiger partial charge in [-0.1, -0.05) is 18.7 Å². The monoisotopic (exact) mass is 359 g/mol. The van der Waals surface area contributed by atoms with Gasteiger partial charge in [0.05, 0.1) is 17.4 Å². The third kappa shape index (κ3) is 5.56. The summed E-state index contributed by atoms with van der Waals surface area (Å²) in [7, 11) is 0. The molecule has 0 bridgehead atoms. The zero-order valence-electron chi connectivity index (χ0n) is 14.5. The number of amides is 1. The highest BCUT2D eigenvalue weighted by molar-refractivity contribution is 8.00. The maximum atomic E-state index is 12.5. The van der Waals surface area contributed by atoms with Gasteiger partial charge in [-0.25, -0.2) is 14.8 Å². The number of hydrogen-bond acceptors (Lipinski definition) is 6. The van der Waals surface area contributed by atoms with Crippen LogP contribution in [-0.2, 0) is 9.53 Å². The van der Waals surface area contributed by atoms with Crippen LogP contribution in [0, 0.1) is 6.92 Å². The zero-order valence-corrected chi connectivity index (χ0v) is 15.3. The number of benzene rings is 1. The van der Waals surface area contributed by atoms with E-state index in [4.69, 9.17) is 4.74 Å². The topological polar surface area (TPSA) is 81.2 Å². The van der Waals surface area contributed by atoms with Crippen LogP contribution in [-0.4, -0.2) is 33.7 Å². The number of rotatable bonds is 7. The Bertz CT molecular complexity index is 735. The quantitative estimate of drug-likeness (QED) is 0.463. The van der Waals surface area contributed by atoms with E-state index in [-0.39, 0.29) is 17.1 Å². The smallest absolute Gasteiger partial charge is 0.338 e. The predicted molar refractivity (Wildman–Crippen MR) is 97.7 cm³/mol. The highest BCUT2D eigenvalue weighted by atomic mass is 32.2. The molecule has 0 radical (unpaired) electrons. The van der Waals surface area contributed by atoms with Gasteiger partial charge in [-0.2, -0.15) is 0 Å². The van der Waals surface area contributed by atoms with Crippen LogP contribution in [0.5, 0.6) is 0 Å². The molecule has 6 nitrogen and oxygen atoms in total. The van der Waals surface area contributed by atoms with Gasteiger partial charge in [0.1, 0.15) is 11.4 Å². The van der Waals surface area contributed by atoms with E-state index >= 15 is 0 Å². The maximum absolute atomic E-state index is 12.5. The summed E-state index contributed by atoms with van der Waals surface area (Å²) in [5.74, 6) is -0.478. The molecule has 0 fully saturated rings. The number of aromatic nitrogens is 2. The van der Waals surface area contributed by atoms with E-state index in [1.54, 1.807) is 31.2 Å². The van der Waals surface area contributed by atoms with E-state index in [1.165, 1.54) is 18.1 Å². The fraction of sp³-hybridized carbons (Fsp3) is 0.333. The summed E-state index contributed by atoms with van der Waals surface area (Å²) in [5.41, 5.74) is 1.95. The summed E-state index contributed by atoms with van der Waals surface area (Å²) in [6.07, 6.45) is 2.16. The van der Waals surface area contributed by atoms with Crippen molar-refractivity contribution in [3.05, 3.63) is 47.9 Å². The summed E-state index contributed by atoms with van der Waals surface area (Å²) in [5, 5.41) is 3.38. The first kappa shape index (κ1) is 18.9. The lowest BCUT2D eigenvalue weighted by Crippen LogP contribution is -2.24. The number of esters is 1. The molecule has 1 atom stereocenters. The summed E-state index contributed by atoms with van der Waals surface area (Å²) < 4.78 is 4.94. The second kappa shape index (κ2) is 9.17. The van der Waals surface area contributed by atoms with Crippen LogP contribution in [0.15, 0.2) is 41.7 Å². The molecule has 0 aliphatic heterocycles. The molecule has 7 heteroatoms. The van der Waals surface area contributed by atoms with Crippen molar-refractivity contribution in [1.29, 1.82) is 0 Å². The molecular weight excluding hydrogens is 338 g/mol. The van der Waals surface area contributed by atoms with Gasteiger partial charge in [0.25, 0.3) is 0 Å². The van der Waals surface area contributed by atoms with Gasteiger partial charge >= 0.3 is 5.97 Å². The van der Waals surface area contributed by atoms with Gasteiger partial charge in [-0.3, -0.25) is 4.79 Å². The molecule has 132 valence electrons. The number of aryl methyl sites for hydroxylation is 1. The van der Waals surface area contributed by atoms with Gasteiger partial charge < -0.3 is 10.1 Å². The van der Waals surface area contributed by atoms with E-state index in [2.05, 4.69) is 15.3 Å². The molecular formula is C18H21N3O3S. The molecule has 1 amide bonds. The summed E-state index contributed by atoms with van der Waals surface area (Å²) in [6, 6.07) is 8.51. The molecule has 2 aromatic rings. The van der Waals surface area contributed by atoms with Crippen LogP contribution in [0.4, 0.5) is 5.69 Å². The highest BCUT2D eigenvalue weighted by Crippen LogP contribution is 2.25. The van der Waals surface area contributed by atoms with Gasteiger partial charge in [-0.15, -0.1) is 0 Å². The van der Waals surface area contributed by atoms with E-state index in [9.17, 15) is 9.59 Å². The van der Waals surface area contributed by atoms with E-state index < -0.39 is 0 Å². The molecule has 0 spiro atoms. The van der Waals surface area contributed by atoms with E-state index in [1.807, 2.05) is 19.9 Å². The van der Waals surface area contributed by atoms with Crippen molar-refractivity contribution < 1.29 is 14.3 Å². The van der Waals surface area contributed by atoms with Crippen molar-refractivity contribution in [3.63, 3.8) is 0 Å². The Kier molecular flexibility index (Phi) is 6.94. The summed E-state index contributed by atoms with van der Waals surface area (Å²) in [4.78, 5) is 32.4. The molecule has 1 N–H and O–H groups in total. The van der Waals surface area contributed by atoms with Crippen molar-refractivity contribution in [2.45, 2.75) is 37.5 Å². The van der Waals surface area contributed by atoms with Gasteiger partial charge in [-0.05, 0) is 50.6 Å².